The Morgan fingerprint density at radius 1 is 0.900 bits per heavy atom. The SMILES string of the molecule is CCCCCCCCCCCCCCCCCCOC(=O)C=CSc1nccn1C. The van der Waals surface area contributed by atoms with Gasteiger partial charge in [0.1, 0.15) is 0 Å². The van der Waals surface area contributed by atoms with Crippen LogP contribution >= 0.6 is 11.8 Å². The van der Waals surface area contributed by atoms with Crippen LogP contribution < -0.4 is 0 Å². The topological polar surface area (TPSA) is 44.1 Å². The van der Waals surface area contributed by atoms with E-state index in [-0.39, 0.29) is 5.97 Å². The number of thioether (sulfide) groups is 1. The summed E-state index contributed by atoms with van der Waals surface area (Å²) in [5.74, 6) is -0.266. The van der Waals surface area contributed by atoms with Crippen molar-refractivity contribution in [1.29, 1.82) is 0 Å². The third-order valence-electron chi connectivity index (χ3n) is 5.40. The van der Waals surface area contributed by atoms with Crippen molar-refractivity contribution in [3.8, 4) is 0 Å². The van der Waals surface area contributed by atoms with E-state index in [4.69, 9.17) is 4.74 Å². The maximum atomic E-state index is 11.7. The summed E-state index contributed by atoms with van der Waals surface area (Å²) in [5.41, 5.74) is 0. The number of imidazole rings is 1. The van der Waals surface area contributed by atoms with Crippen molar-refractivity contribution in [2.75, 3.05) is 6.61 Å². The van der Waals surface area contributed by atoms with Crippen LogP contribution in [0.3, 0.4) is 0 Å². The van der Waals surface area contributed by atoms with Gasteiger partial charge in [0.15, 0.2) is 5.16 Å². The van der Waals surface area contributed by atoms with Crippen molar-refractivity contribution in [3.05, 3.63) is 23.9 Å². The van der Waals surface area contributed by atoms with Gasteiger partial charge in [0.25, 0.3) is 0 Å². The summed E-state index contributed by atoms with van der Waals surface area (Å²) >= 11 is 1.42. The van der Waals surface area contributed by atoms with Crippen LogP contribution in [0.4, 0.5) is 0 Å². The van der Waals surface area contributed by atoms with Gasteiger partial charge in [0, 0.05) is 25.5 Å². The molecule has 0 saturated heterocycles. The van der Waals surface area contributed by atoms with Crippen molar-refractivity contribution < 1.29 is 9.53 Å². The molecule has 4 nitrogen and oxygen atoms in total. The van der Waals surface area contributed by atoms with Gasteiger partial charge < -0.3 is 9.30 Å². The smallest absolute Gasteiger partial charge is 0.331 e. The van der Waals surface area contributed by atoms with Gasteiger partial charge >= 0.3 is 5.97 Å². The number of rotatable bonds is 20. The zero-order chi connectivity index (χ0) is 21.7. The molecule has 0 saturated carbocycles. The fourth-order valence-corrected chi connectivity index (χ4v) is 4.14. The van der Waals surface area contributed by atoms with Crippen LogP contribution in [0.1, 0.15) is 110 Å². The van der Waals surface area contributed by atoms with E-state index in [0.29, 0.717) is 6.61 Å². The summed E-state index contributed by atoms with van der Waals surface area (Å²) in [6.07, 6.45) is 26.7. The second-order valence-electron chi connectivity index (χ2n) is 8.21. The Balaban J connectivity index is 1.78. The molecule has 1 heterocycles. The number of esters is 1. The first-order valence-corrected chi connectivity index (χ1v) is 13.1. The number of aromatic nitrogens is 2. The number of ether oxygens (including phenoxy) is 1. The second kappa shape index (κ2) is 19.7. The molecule has 0 aromatic carbocycles. The first-order chi connectivity index (χ1) is 14.7. The number of carbonyl (C=O) groups excluding carboxylic acids is 1. The first-order valence-electron chi connectivity index (χ1n) is 12.2. The molecular weight excluding hydrogens is 392 g/mol. The van der Waals surface area contributed by atoms with Gasteiger partial charge in [-0.3, -0.25) is 0 Å². The zero-order valence-electron chi connectivity index (χ0n) is 19.4. The normalized spacial score (nSPS) is 11.4. The lowest BCUT2D eigenvalue weighted by Gasteiger charge is -2.04. The van der Waals surface area contributed by atoms with Crippen LogP contribution in [0.2, 0.25) is 0 Å². The Morgan fingerprint density at radius 2 is 1.40 bits per heavy atom. The standard InChI is InChI=1S/C25H44N2O2S/c1-3-4-5-6-7-8-9-10-11-12-13-14-15-16-17-18-22-29-24(28)19-23-30-25-26-20-21-27(25)2/h19-21,23H,3-18,22H2,1-2H3. The predicted octanol–water partition coefficient (Wildman–Crippen LogP) is 7.83. The fourth-order valence-electron chi connectivity index (χ4n) is 3.49. The molecule has 0 radical (unpaired) electrons. The lowest BCUT2D eigenvalue weighted by Crippen LogP contribution is -2.02. The summed E-state index contributed by atoms with van der Waals surface area (Å²) in [5, 5.41) is 2.59. The average molecular weight is 437 g/mol. The summed E-state index contributed by atoms with van der Waals surface area (Å²) in [4.78, 5) is 15.9. The van der Waals surface area contributed by atoms with E-state index in [1.165, 1.54) is 108 Å². The molecule has 0 aliphatic rings. The van der Waals surface area contributed by atoms with Gasteiger partial charge in [-0.2, -0.15) is 0 Å². The summed E-state index contributed by atoms with van der Waals surface area (Å²) in [6.45, 7) is 2.80. The Kier molecular flexibility index (Phi) is 17.6. The molecule has 172 valence electrons. The highest BCUT2D eigenvalue weighted by Crippen LogP contribution is 2.16. The Bertz CT molecular complexity index is 557. The largest absolute Gasteiger partial charge is 0.463 e. The summed E-state index contributed by atoms with van der Waals surface area (Å²) in [6, 6.07) is 0. The fraction of sp³-hybridized carbons (Fsp3) is 0.760. The van der Waals surface area contributed by atoms with Gasteiger partial charge in [-0.05, 0) is 11.8 Å². The molecule has 5 heteroatoms. The maximum absolute atomic E-state index is 11.7. The van der Waals surface area contributed by atoms with E-state index in [9.17, 15) is 4.79 Å². The third-order valence-corrected chi connectivity index (χ3v) is 6.27. The van der Waals surface area contributed by atoms with Gasteiger partial charge in [0.2, 0.25) is 0 Å². The van der Waals surface area contributed by atoms with Crippen molar-refractivity contribution in [2.45, 2.75) is 115 Å². The van der Waals surface area contributed by atoms with Crippen molar-refractivity contribution in [1.82, 2.24) is 9.55 Å². The van der Waals surface area contributed by atoms with Gasteiger partial charge in [-0.1, -0.05) is 115 Å². The van der Waals surface area contributed by atoms with E-state index in [0.717, 1.165) is 18.0 Å². The molecule has 0 aliphatic heterocycles. The molecule has 0 atom stereocenters. The Labute approximate surface area is 189 Å². The maximum Gasteiger partial charge on any atom is 0.331 e. The lowest BCUT2D eigenvalue weighted by atomic mass is 10.0. The van der Waals surface area contributed by atoms with Crippen LogP contribution in [0.5, 0.6) is 0 Å². The molecule has 0 spiro atoms. The molecule has 0 N–H and O–H groups in total. The van der Waals surface area contributed by atoms with Crippen LogP contribution in [-0.2, 0) is 16.6 Å². The zero-order valence-corrected chi connectivity index (χ0v) is 20.3. The number of hydrogen-bond donors (Lipinski definition) is 0. The molecule has 1 aromatic rings. The number of nitrogens with zero attached hydrogens (tertiary/aromatic N) is 2. The first kappa shape index (κ1) is 26.8. The number of unbranched alkanes of at least 4 members (excludes halogenated alkanes) is 15. The summed E-state index contributed by atoms with van der Waals surface area (Å²) in [7, 11) is 1.93. The lowest BCUT2D eigenvalue weighted by molar-refractivity contribution is -0.137. The van der Waals surface area contributed by atoms with Crippen LogP contribution in [0, 0.1) is 0 Å². The van der Waals surface area contributed by atoms with E-state index >= 15 is 0 Å². The van der Waals surface area contributed by atoms with Crippen LogP contribution in [0.25, 0.3) is 0 Å². The van der Waals surface area contributed by atoms with E-state index in [1.54, 1.807) is 11.6 Å². The molecule has 1 aromatic heterocycles. The molecule has 0 aliphatic carbocycles. The third kappa shape index (κ3) is 15.6. The average Bonchev–Trinajstić information content (AvgIpc) is 3.15. The highest BCUT2D eigenvalue weighted by Gasteiger charge is 2.00. The molecule has 1 rings (SSSR count). The van der Waals surface area contributed by atoms with Crippen molar-refractivity contribution in [2.24, 2.45) is 7.05 Å². The molecule has 0 fully saturated rings. The highest BCUT2D eigenvalue weighted by atomic mass is 32.2. The van der Waals surface area contributed by atoms with Crippen molar-refractivity contribution >= 4 is 17.7 Å². The quantitative estimate of drug-likeness (QED) is 0.0904. The number of carbonyl (C=O) groups is 1. The van der Waals surface area contributed by atoms with Crippen LogP contribution in [-0.4, -0.2) is 22.1 Å². The molecular formula is C25H44N2O2S. The van der Waals surface area contributed by atoms with E-state index in [2.05, 4.69) is 11.9 Å². The van der Waals surface area contributed by atoms with Gasteiger partial charge in [-0.15, -0.1) is 0 Å². The summed E-state index contributed by atoms with van der Waals surface area (Å²) < 4.78 is 7.16. The Hall–Kier alpha value is -1.23. The monoisotopic (exact) mass is 436 g/mol. The van der Waals surface area contributed by atoms with Crippen molar-refractivity contribution in [3.63, 3.8) is 0 Å². The number of hydrogen-bond acceptors (Lipinski definition) is 4. The van der Waals surface area contributed by atoms with Crippen LogP contribution in [0.15, 0.2) is 29.0 Å². The van der Waals surface area contributed by atoms with E-state index < -0.39 is 0 Å². The second-order valence-corrected chi connectivity index (χ2v) is 9.09. The predicted molar refractivity (Wildman–Crippen MR) is 129 cm³/mol. The van der Waals surface area contributed by atoms with E-state index in [1.807, 2.05) is 17.8 Å². The highest BCUT2D eigenvalue weighted by molar-refractivity contribution is 8.02. The van der Waals surface area contributed by atoms with Gasteiger partial charge in [0.05, 0.1) is 6.61 Å². The molecule has 30 heavy (non-hydrogen) atoms. The molecule has 0 amide bonds. The Morgan fingerprint density at radius 3 is 1.87 bits per heavy atom. The minimum absolute atomic E-state index is 0.266. The minimum Gasteiger partial charge on any atom is -0.463 e. The molecule has 0 bridgehead atoms. The van der Waals surface area contributed by atoms with Gasteiger partial charge in [-0.25, -0.2) is 9.78 Å². The number of aryl methyl sites for hydroxylation is 1. The molecule has 0 unspecified atom stereocenters. The minimum atomic E-state index is -0.266.